The standard InChI is InChI=1S/C6H11NO/c8-5-1-2-6-3-4-7-6/h5-7H,1-4H2. The molecule has 0 amide bonds. The summed E-state index contributed by atoms with van der Waals surface area (Å²) in [6.07, 6.45) is 4.00. The number of rotatable bonds is 3. The van der Waals surface area contributed by atoms with Crippen LogP contribution in [0.25, 0.3) is 0 Å². The van der Waals surface area contributed by atoms with Crippen molar-refractivity contribution in [3.8, 4) is 0 Å². The molecule has 0 radical (unpaired) electrons. The third-order valence-electron chi connectivity index (χ3n) is 1.56. The molecule has 0 spiro atoms. The molecule has 46 valence electrons. The van der Waals surface area contributed by atoms with Crippen LogP contribution in [0.1, 0.15) is 19.3 Å². The number of aldehydes is 1. The Kier molecular flexibility index (Phi) is 2.03. The van der Waals surface area contributed by atoms with E-state index in [4.69, 9.17) is 0 Å². The van der Waals surface area contributed by atoms with Crippen LogP contribution in [0.15, 0.2) is 0 Å². The van der Waals surface area contributed by atoms with Gasteiger partial charge in [-0.1, -0.05) is 0 Å². The first-order chi connectivity index (χ1) is 3.93. The third kappa shape index (κ3) is 1.30. The molecule has 0 bridgehead atoms. The molecule has 1 aliphatic rings. The summed E-state index contributed by atoms with van der Waals surface area (Å²) >= 11 is 0. The molecule has 2 nitrogen and oxygen atoms in total. The quantitative estimate of drug-likeness (QED) is 0.534. The molecular formula is C6H11NO. The highest BCUT2D eigenvalue weighted by molar-refractivity contribution is 5.49. The Bertz CT molecular complexity index is 78.6. The first-order valence-corrected chi connectivity index (χ1v) is 3.10. The van der Waals surface area contributed by atoms with E-state index in [1.54, 1.807) is 0 Å². The average Bonchev–Trinajstić information content (AvgIpc) is 1.63. The summed E-state index contributed by atoms with van der Waals surface area (Å²) in [5, 5.41) is 3.22. The van der Waals surface area contributed by atoms with E-state index in [1.807, 2.05) is 0 Å². The molecule has 0 saturated carbocycles. The van der Waals surface area contributed by atoms with Gasteiger partial charge in [0.05, 0.1) is 0 Å². The Labute approximate surface area is 49.3 Å². The van der Waals surface area contributed by atoms with E-state index in [9.17, 15) is 4.79 Å². The number of hydrogen-bond donors (Lipinski definition) is 1. The minimum atomic E-state index is 0.653. The fraction of sp³-hybridized carbons (Fsp3) is 0.833. The van der Waals surface area contributed by atoms with Crippen LogP contribution in [0, 0.1) is 0 Å². The molecular weight excluding hydrogens is 102 g/mol. The van der Waals surface area contributed by atoms with E-state index >= 15 is 0 Å². The lowest BCUT2D eigenvalue weighted by Crippen LogP contribution is -2.42. The summed E-state index contributed by atoms with van der Waals surface area (Å²) in [4.78, 5) is 9.82. The summed E-state index contributed by atoms with van der Waals surface area (Å²) < 4.78 is 0. The second-order valence-electron chi connectivity index (χ2n) is 2.18. The Morgan fingerprint density at radius 2 is 2.50 bits per heavy atom. The first kappa shape index (κ1) is 5.76. The van der Waals surface area contributed by atoms with Gasteiger partial charge in [-0.3, -0.25) is 0 Å². The van der Waals surface area contributed by atoms with Gasteiger partial charge in [-0.05, 0) is 19.4 Å². The zero-order chi connectivity index (χ0) is 5.82. The van der Waals surface area contributed by atoms with Crippen molar-refractivity contribution in [2.75, 3.05) is 6.54 Å². The lowest BCUT2D eigenvalue weighted by Gasteiger charge is -2.26. The summed E-state index contributed by atoms with van der Waals surface area (Å²) in [5.74, 6) is 0. The van der Waals surface area contributed by atoms with Gasteiger partial charge in [0.2, 0.25) is 0 Å². The zero-order valence-electron chi connectivity index (χ0n) is 4.89. The SMILES string of the molecule is O=CCCC1CCN1. The van der Waals surface area contributed by atoms with Gasteiger partial charge in [0.1, 0.15) is 6.29 Å². The number of carbonyl (C=O) groups excluding carboxylic acids is 1. The molecule has 8 heavy (non-hydrogen) atoms. The topological polar surface area (TPSA) is 29.1 Å². The van der Waals surface area contributed by atoms with Crippen LogP contribution >= 0.6 is 0 Å². The van der Waals surface area contributed by atoms with Gasteiger partial charge in [-0.25, -0.2) is 0 Å². The van der Waals surface area contributed by atoms with Crippen molar-refractivity contribution in [3.63, 3.8) is 0 Å². The fourth-order valence-electron chi connectivity index (χ4n) is 0.864. The lowest BCUT2D eigenvalue weighted by atomic mass is 10.0. The van der Waals surface area contributed by atoms with Crippen molar-refractivity contribution in [1.82, 2.24) is 5.32 Å². The molecule has 0 aromatic rings. The van der Waals surface area contributed by atoms with Gasteiger partial charge in [-0.2, -0.15) is 0 Å². The highest BCUT2D eigenvalue weighted by Gasteiger charge is 2.14. The van der Waals surface area contributed by atoms with Crippen LogP contribution in [-0.4, -0.2) is 18.9 Å². The second kappa shape index (κ2) is 2.82. The molecule has 1 aliphatic heterocycles. The second-order valence-corrected chi connectivity index (χ2v) is 2.18. The summed E-state index contributed by atoms with van der Waals surface area (Å²) in [7, 11) is 0. The summed E-state index contributed by atoms with van der Waals surface area (Å²) in [6.45, 7) is 1.14. The lowest BCUT2D eigenvalue weighted by molar-refractivity contribution is -0.108. The highest BCUT2D eigenvalue weighted by atomic mass is 16.1. The van der Waals surface area contributed by atoms with Crippen LogP contribution < -0.4 is 5.32 Å². The number of nitrogens with one attached hydrogen (secondary N) is 1. The fourth-order valence-corrected chi connectivity index (χ4v) is 0.864. The molecule has 1 rings (SSSR count). The predicted molar refractivity (Wildman–Crippen MR) is 31.7 cm³/mol. The molecule has 1 heterocycles. The normalized spacial score (nSPS) is 26.8. The molecule has 1 atom stereocenters. The Morgan fingerprint density at radius 3 is 2.88 bits per heavy atom. The van der Waals surface area contributed by atoms with Crippen molar-refractivity contribution in [2.45, 2.75) is 25.3 Å². The first-order valence-electron chi connectivity index (χ1n) is 3.10. The van der Waals surface area contributed by atoms with Gasteiger partial charge in [0.25, 0.3) is 0 Å². The molecule has 0 aromatic carbocycles. The van der Waals surface area contributed by atoms with Gasteiger partial charge in [0.15, 0.2) is 0 Å². The maximum absolute atomic E-state index is 9.82. The zero-order valence-corrected chi connectivity index (χ0v) is 4.89. The van der Waals surface area contributed by atoms with E-state index in [1.165, 1.54) is 6.42 Å². The molecule has 1 fully saturated rings. The van der Waals surface area contributed by atoms with E-state index in [0.29, 0.717) is 6.04 Å². The Hall–Kier alpha value is -0.370. The predicted octanol–water partition coefficient (Wildman–Crippen LogP) is 0.327. The van der Waals surface area contributed by atoms with Gasteiger partial charge < -0.3 is 10.1 Å². The number of carbonyl (C=O) groups is 1. The Balaban J connectivity index is 1.93. The van der Waals surface area contributed by atoms with Gasteiger partial charge >= 0.3 is 0 Å². The van der Waals surface area contributed by atoms with Crippen molar-refractivity contribution in [3.05, 3.63) is 0 Å². The van der Waals surface area contributed by atoms with Crippen molar-refractivity contribution >= 4 is 6.29 Å². The average molecular weight is 113 g/mol. The molecule has 2 heteroatoms. The molecule has 0 aromatic heterocycles. The van der Waals surface area contributed by atoms with Crippen LogP contribution in [0.2, 0.25) is 0 Å². The summed E-state index contributed by atoms with van der Waals surface area (Å²) in [5.41, 5.74) is 0. The maximum atomic E-state index is 9.82. The summed E-state index contributed by atoms with van der Waals surface area (Å²) in [6, 6.07) is 0.653. The van der Waals surface area contributed by atoms with Gasteiger partial charge in [0, 0.05) is 12.5 Å². The molecule has 1 saturated heterocycles. The van der Waals surface area contributed by atoms with E-state index in [2.05, 4.69) is 5.32 Å². The minimum absolute atomic E-state index is 0.653. The van der Waals surface area contributed by atoms with Crippen molar-refractivity contribution in [1.29, 1.82) is 0 Å². The van der Waals surface area contributed by atoms with Crippen LogP contribution in [-0.2, 0) is 4.79 Å². The third-order valence-corrected chi connectivity index (χ3v) is 1.56. The largest absolute Gasteiger partial charge is 0.314 e. The minimum Gasteiger partial charge on any atom is -0.314 e. The molecule has 1 unspecified atom stereocenters. The molecule has 0 aliphatic carbocycles. The van der Waals surface area contributed by atoms with Crippen LogP contribution in [0.4, 0.5) is 0 Å². The van der Waals surface area contributed by atoms with Crippen LogP contribution in [0.3, 0.4) is 0 Å². The highest BCUT2D eigenvalue weighted by Crippen LogP contribution is 2.06. The molecule has 1 N–H and O–H groups in total. The van der Waals surface area contributed by atoms with E-state index in [0.717, 1.165) is 25.7 Å². The van der Waals surface area contributed by atoms with E-state index < -0.39 is 0 Å². The van der Waals surface area contributed by atoms with Gasteiger partial charge in [-0.15, -0.1) is 0 Å². The maximum Gasteiger partial charge on any atom is 0.120 e. The number of hydrogen-bond acceptors (Lipinski definition) is 2. The van der Waals surface area contributed by atoms with E-state index in [-0.39, 0.29) is 0 Å². The monoisotopic (exact) mass is 113 g/mol. The Morgan fingerprint density at radius 1 is 1.75 bits per heavy atom. The van der Waals surface area contributed by atoms with Crippen LogP contribution in [0.5, 0.6) is 0 Å². The smallest absolute Gasteiger partial charge is 0.120 e. The van der Waals surface area contributed by atoms with Crippen molar-refractivity contribution in [2.24, 2.45) is 0 Å². The van der Waals surface area contributed by atoms with Crippen molar-refractivity contribution < 1.29 is 4.79 Å².